The second-order valence-electron chi connectivity index (χ2n) is 2.41. The summed E-state index contributed by atoms with van der Waals surface area (Å²) in [7, 11) is 1.60. The second kappa shape index (κ2) is 4.62. The normalized spacial score (nSPS) is 9.50. The summed E-state index contributed by atoms with van der Waals surface area (Å²) >= 11 is 0. The SMILES string of the molecule is CCNc1ccc(NOC)cc1. The third kappa shape index (κ3) is 2.43. The summed E-state index contributed by atoms with van der Waals surface area (Å²) in [5.41, 5.74) is 4.83. The standard InChI is InChI=1S/C9H14N2O/c1-3-10-8-4-6-9(7-5-8)11-12-2/h4-7,10-11H,3H2,1-2H3. The van der Waals surface area contributed by atoms with Crippen LogP contribution in [-0.2, 0) is 4.84 Å². The fourth-order valence-electron chi connectivity index (χ4n) is 0.978. The van der Waals surface area contributed by atoms with Crippen LogP contribution in [0.15, 0.2) is 24.3 Å². The maximum Gasteiger partial charge on any atom is 0.0636 e. The molecule has 0 fully saturated rings. The first-order valence-electron chi connectivity index (χ1n) is 3.99. The number of hydrogen-bond donors (Lipinski definition) is 2. The van der Waals surface area contributed by atoms with Crippen molar-refractivity contribution in [2.45, 2.75) is 6.92 Å². The zero-order chi connectivity index (χ0) is 8.81. The largest absolute Gasteiger partial charge is 0.385 e. The van der Waals surface area contributed by atoms with E-state index in [4.69, 9.17) is 4.84 Å². The summed E-state index contributed by atoms with van der Waals surface area (Å²) in [4.78, 5) is 4.76. The molecule has 0 aromatic heterocycles. The first-order valence-corrected chi connectivity index (χ1v) is 3.99. The molecule has 0 heterocycles. The van der Waals surface area contributed by atoms with Crippen LogP contribution < -0.4 is 10.8 Å². The van der Waals surface area contributed by atoms with Gasteiger partial charge in [0.2, 0.25) is 0 Å². The Kier molecular flexibility index (Phi) is 3.41. The van der Waals surface area contributed by atoms with Crippen molar-refractivity contribution in [2.24, 2.45) is 0 Å². The molecule has 0 saturated heterocycles. The molecule has 0 bridgehead atoms. The lowest BCUT2D eigenvalue weighted by atomic mass is 10.3. The van der Waals surface area contributed by atoms with Crippen molar-refractivity contribution in [1.82, 2.24) is 0 Å². The molecule has 2 N–H and O–H groups in total. The maximum absolute atomic E-state index is 4.76. The van der Waals surface area contributed by atoms with Crippen LogP contribution in [0, 0.1) is 0 Å². The van der Waals surface area contributed by atoms with E-state index in [0.29, 0.717) is 0 Å². The highest BCUT2D eigenvalue weighted by Crippen LogP contribution is 2.12. The van der Waals surface area contributed by atoms with Crippen LogP contribution in [0.5, 0.6) is 0 Å². The van der Waals surface area contributed by atoms with Gasteiger partial charge >= 0.3 is 0 Å². The van der Waals surface area contributed by atoms with Gasteiger partial charge in [-0.05, 0) is 31.2 Å². The molecular weight excluding hydrogens is 152 g/mol. The Morgan fingerprint density at radius 1 is 1.17 bits per heavy atom. The third-order valence-electron chi connectivity index (χ3n) is 1.49. The van der Waals surface area contributed by atoms with Gasteiger partial charge in [-0.25, -0.2) is 0 Å². The summed E-state index contributed by atoms with van der Waals surface area (Å²) in [6.45, 7) is 3.01. The summed E-state index contributed by atoms with van der Waals surface area (Å²) in [5, 5.41) is 3.21. The third-order valence-corrected chi connectivity index (χ3v) is 1.49. The first-order chi connectivity index (χ1) is 5.86. The number of benzene rings is 1. The number of rotatable bonds is 4. The smallest absolute Gasteiger partial charge is 0.0636 e. The first kappa shape index (κ1) is 8.87. The Hall–Kier alpha value is -1.22. The zero-order valence-corrected chi connectivity index (χ0v) is 7.42. The minimum atomic E-state index is 0.942. The van der Waals surface area contributed by atoms with Crippen molar-refractivity contribution in [1.29, 1.82) is 0 Å². The van der Waals surface area contributed by atoms with Gasteiger partial charge in [-0.15, -0.1) is 0 Å². The van der Waals surface area contributed by atoms with Crippen molar-refractivity contribution in [3.63, 3.8) is 0 Å². The van der Waals surface area contributed by atoms with Gasteiger partial charge in [-0.3, -0.25) is 10.3 Å². The van der Waals surface area contributed by atoms with Crippen LogP contribution in [0.1, 0.15) is 6.92 Å². The molecule has 0 saturated carbocycles. The van der Waals surface area contributed by atoms with Crippen molar-refractivity contribution >= 4 is 11.4 Å². The molecule has 0 atom stereocenters. The average Bonchev–Trinajstić information content (AvgIpc) is 2.09. The molecule has 0 unspecified atom stereocenters. The van der Waals surface area contributed by atoms with E-state index < -0.39 is 0 Å². The molecule has 0 aliphatic rings. The Balaban J connectivity index is 2.58. The Morgan fingerprint density at radius 2 is 1.75 bits per heavy atom. The van der Waals surface area contributed by atoms with Crippen LogP contribution >= 0.6 is 0 Å². The van der Waals surface area contributed by atoms with Gasteiger partial charge in [-0.2, -0.15) is 0 Å². The van der Waals surface area contributed by atoms with Gasteiger partial charge in [0.05, 0.1) is 12.8 Å². The number of hydrogen-bond acceptors (Lipinski definition) is 3. The summed E-state index contributed by atoms with van der Waals surface area (Å²) in [6.07, 6.45) is 0. The lowest BCUT2D eigenvalue weighted by Crippen LogP contribution is -1.98. The van der Waals surface area contributed by atoms with Gasteiger partial charge < -0.3 is 5.32 Å². The van der Waals surface area contributed by atoms with Crippen LogP contribution in [0.4, 0.5) is 11.4 Å². The van der Waals surface area contributed by atoms with E-state index >= 15 is 0 Å². The van der Waals surface area contributed by atoms with Crippen molar-refractivity contribution < 1.29 is 4.84 Å². The van der Waals surface area contributed by atoms with E-state index in [1.54, 1.807) is 7.11 Å². The van der Waals surface area contributed by atoms with Gasteiger partial charge in [0.25, 0.3) is 0 Å². The molecule has 1 rings (SSSR count). The molecule has 66 valence electrons. The highest BCUT2D eigenvalue weighted by atomic mass is 16.6. The molecule has 0 radical (unpaired) electrons. The van der Waals surface area contributed by atoms with Gasteiger partial charge in [-0.1, -0.05) is 0 Å². The lowest BCUT2D eigenvalue weighted by Gasteiger charge is -2.05. The van der Waals surface area contributed by atoms with Crippen molar-refractivity contribution in [3.05, 3.63) is 24.3 Å². The average molecular weight is 166 g/mol. The summed E-state index contributed by atoms with van der Waals surface area (Å²) < 4.78 is 0. The topological polar surface area (TPSA) is 33.3 Å². The predicted octanol–water partition coefficient (Wildman–Crippen LogP) is 2.09. The predicted molar refractivity (Wildman–Crippen MR) is 51.2 cm³/mol. The van der Waals surface area contributed by atoms with Crippen LogP contribution in [0.3, 0.4) is 0 Å². The molecule has 3 heteroatoms. The lowest BCUT2D eigenvalue weighted by molar-refractivity contribution is 0.271. The van der Waals surface area contributed by atoms with E-state index in [0.717, 1.165) is 17.9 Å². The van der Waals surface area contributed by atoms with Gasteiger partial charge in [0.1, 0.15) is 0 Å². The molecule has 0 aliphatic heterocycles. The van der Waals surface area contributed by atoms with E-state index in [9.17, 15) is 0 Å². The Labute approximate surface area is 72.7 Å². The molecule has 12 heavy (non-hydrogen) atoms. The molecule has 1 aromatic carbocycles. The van der Waals surface area contributed by atoms with Crippen molar-refractivity contribution in [2.75, 3.05) is 24.5 Å². The monoisotopic (exact) mass is 166 g/mol. The molecule has 0 amide bonds. The van der Waals surface area contributed by atoms with Gasteiger partial charge in [0.15, 0.2) is 0 Å². The summed E-state index contributed by atoms with van der Waals surface area (Å²) in [5.74, 6) is 0. The van der Waals surface area contributed by atoms with E-state index in [1.165, 1.54) is 0 Å². The highest BCUT2D eigenvalue weighted by Gasteiger charge is 1.90. The van der Waals surface area contributed by atoms with E-state index in [-0.39, 0.29) is 0 Å². The number of anilines is 2. The summed E-state index contributed by atoms with van der Waals surface area (Å²) in [6, 6.07) is 7.93. The molecular formula is C9H14N2O. The molecule has 0 spiro atoms. The molecule has 3 nitrogen and oxygen atoms in total. The highest BCUT2D eigenvalue weighted by molar-refractivity contribution is 5.52. The quantitative estimate of drug-likeness (QED) is 0.672. The minimum Gasteiger partial charge on any atom is -0.385 e. The Bertz CT molecular complexity index is 195. The molecule has 0 aliphatic carbocycles. The fourth-order valence-corrected chi connectivity index (χ4v) is 0.978. The van der Waals surface area contributed by atoms with Crippen LogP contribution in [-0.4, -0.2) is 13.7 Å². The van der Waals surface area contributed by atoms with Crippen molar-refractivity contribution in [3.8, 4) is 0 Å². The second-order valence-corrected chi connectivity index (χ2v) is 2.41. The Morgan fingerprint density at radius 3 is 2.25 bits per heavy atom. The minimum absolute atomic E-state index is 0.942. The van der Waals surface area contributed by atoms with Gasteiger partial charge in [0, 0.05) is 12.2 Å². The van der Waals surface area contributed by atoms with E-state index in [1.807, 2.05) is 24.3 Å². The molecule has 1 aromatic rings. The van der Waals surface area contributed by atoms with Crippen LogP contribution in [0.25, 0.3) is 0 Å². The van der Waals surface area contributed by atoms with Crippen LogP contribution in [0.2, 0.25) is 0 Å². The maximum atomic E-state index is 4.76. The number of nitrogens with one attached hydrogen (secondary N) is 2. The fraction of sp³-hybridized carbons (Fsp3) is 0.333. The van der Waals surface area contributed by atoms with E-state index in [2.05, 4.69) is 17.7 Å². The zero-order valence-electron chi connectivity index (χ0n) is 7.42.